The van der Waals surface area contributed by atoms with Crippen LogP contribution in [0.25, 0.3) is 0 Å². The Kier molecular flexibility index (Phi) is 6.49. The smallest absolute Gasteiger partial charge is 0.143 e. The molecule has 3 rings (SSSR count). The molecule has 0 spiro atoms. The number of hydrogen-bond donors (Lipinski definition) is 0. The van der Waals surface area contributed by atoms with Crippen molar-refractivity contribution in [2.24, 2.45) is 5.92 Å². The molecular weight excluding hydrogens is 310 g/mol. The summed E-state index contributed by atoms with van der Waals surface area (Å²) in [6, 6.07) is 8.73. The van der Waals surface area contributed by atoms with Crippen molar-refractivity contribution in [3.05, 3.63) is 29.8 Å². The van der Waals surface area contributed by atoms with Crippen LogP contribution in [0.1, 0.15) is 31.7 Å². The van der Waals surface area contributed by atoms with Crippen molar-refractivity contribution >= 4 is 11.5 Å². The molecule has 1 aromatic rings. The van der Waals surface area contributed by atoms with Gasteiger partial charge in [0.2, 0.25) is 0 Å². The number of aryl methyl sites for hydroxylation is 1. The molecule has 4 heteroatoms. The van der Waals surface area contributed by atoms with Crippen LogP contribution in [0, 0.1) is 12.8 Å². The molecule has 2 fully saturated rings. The van der Waals surface area contributed by atoms with E-state index >= 15 is 0 Å². The Bertz CT molecular complexity index is 558. The minimum atomic E-state index is 0.296. The van der Waals surface area contributed by atoms with Crippen molar-refractivity contribution in [1.82, 2.24) is 9.80 Å². The number of piperazine rings is 1. The van der Waals surface area contributed by atoms with Gasteiger partial charge in [-0.25, -0.2) is 0 Å². The zero-order valence-electron chi connectivity index (χ0n) is 15.9. The van der Waals surface area contributed by atoms with Crippen molar-refractivity contribution in [2.45, 2.75) is 33.1 Å². The summed E-state index contributed by atoms with van der Waals surface area (Å²) in [7, 11) is 0. The van der Waals surface area contributed by atoms with E-state index < -0.39 is 0 Å². The number of anilines is 1. The Balaban J connectivity index is 1.36. The normalized spacial score (nSPS) is 20.8. The number of carbonyl (C=O) groups excluding carboxylic acids is 1. The number of ketones is 1. The summed E-state index contributed by atoms with van der Waals surface area (Å²) in [5, 5.41) is 0. The number of likely N-dealkylation sites (tertiary alicyclic amines) is 1. The fraction of sp³-hybridized carbons (Fsp3) is 0.667. The molecule has 2 aliphatic rings. The highest BCUT2D eigenvalue weighted by molar-refractivity contribution is 5.77. The number of Topliss-reactive ketones (excluding diaryl/α,β-unsaturated/α-hetero) is 1. The molecule has 2 heterocycles. The molecule has 25 heavy (non-hydrogen) atoms. The minimum Gasteiger partial charge on any atom is -0.369 e. The van der Waals surface area contributed by atoms with Crippen molar-refractivity contribution in [3.8, 4) is 0 Å². The van der Waals surface area contributed by atoms with E-state index in [9.17, 15) is 4.79 Å². The Hall–Kier alpha value is -1.39. The van der Waals surface area contributed by atoms with Crippen LogP contribution in [0.4, 0.5) is 5.69 Å². The fourth-order valence-corrected chi connectivity index (χ4v) is 4.24. The number of nitrogens with zero attached hydrogens (tertiary/aromatic N) is 3. The summed E-state index contributed by atoms with van der Waals surface area (Å²) < 4.78 is 0. The van der Waals surface area contributed by atoms with Gasteiger partial charge in [0.25, 0.3) is 0 Å². The zero-order valence-corrected chi connectivity index (χ0v) is 15.9. The number of benzene rings is 1. The summed E-state index contributed by atoms with van der Waals surface area (Å²) >= 11 is 0. The SMILES string of the molecule is CC(=O)CN1CCC(CCN2CCN(c3ccccc3C)CC2)CC1. The van der Waals surface area contributed by atoms with Gasteiger partial charge in [-0.15, -0.1) is 0 Å². The lowest BCUT2D eigenvalue weighted by Crippen LogP contribution is -2.47. The molecule has 0 unspecified atom stereocenters. The predicted molar refractivity (Wildman–Crippen MR) is 104 cm³/mol. The highest BCUT2D eigenvalue weighted by Crippen LogP contribution is 2.23. The number of carbonyl (C=O) groups is 1. The van der Waals surface area contributed by atoms with Gasteiger partial charge in [0.15, 0.2) is 0 Å². The first-order valence-corrected chi connectivity index (χ1v) is 9.86. The lowest BCUT2D eigenvalue weighted by molar-refractivity contribution is -0.118. The van der Waals surface area contributed by atoms with Crippen molar-refractivity contribution in [1.29, 1.82) is 0 Å². The Morgan fingerprint density at radius 1 is 1.00 bits per heavy atom. The maximum atomic E-state index is 11.2. The second kappa shape index (κ2) is 8.81. The molecule has 2 aliphatic heterocycles. The first-order valence-electron chi connectivity index (χ1n) is 9.86. The van der Waals surface area contributed by atoms with Crippen LogP contribution >= 0.6 is 0 Å². The van der Waals surface area contributed by atoms with E-state index in [1.807, 2.05) is 0 Å². The molecule has 0 bridgehead atoms. The number of rotatable bonds is 6. The third kappa shape index (κ3) is 5.29. The Morgan fingerprint density at radius 3 is 2.32 bits per heavy atom. The second-order valence-electron chi connectivity index (χ2n) is 7.83. The average molecular weight is 344 g/mol. The van der Waals surface area contributed by atoms with Crippen LogP contribution < -0.4 is 4.90 Å². The van der Waals surface area contributed by atoms with Gasteiger partial charge in [0, 0.05) is 31.9 Å². The quantitative estimate of drug-likeness (QED) is 0.794. The van der Waals surface area contributed by atoms with Crippen LogP contribution in [0.3, 0.4) is 0 Å². The molecule has 4 nitrogen and oxygen atoms in total. The molecule has 1 aromatic carbocycles. The summed E-state index contributed by atoms with van der Waals surface area (Å²) in [5.74, 6) is 1.14. The number of para-hydroxylation sites is 1. The third-order valence-electron chi connectivity index (χ3n) is 5.84. The van der Waals surface area contributed by atoms with Gasteiger partial charge in [0.05, 0.1) is 6.54 Å². The number of hydrogen-bond acceptors (Lipinski definition) is 4. The first kappa shape index (κ1) is 18.4. The lowest BCUT2D eigenvalue weighted by Gasteiger charge is -2.38. The van der Waals surface area contributed by atoms with Gasteiger partial charge in [-0.05, 0) is 70.3 Å². The van der Waals surface area contributed by atoms with Crippen molar-refractivity contribution < 1.29 is 4.79 Å². The Labute approximate surface area is 152 Å². The molecule has 0 atom stereocenters. The van der Waals surface area contributed by atoms with Crippen LogP contribution in [0.15, 0.2) is 24.3 Å². The molecule has 0 aromatic heterocycles. The maximum absolute atomic E-state index is 11.2. The third-order valence-corrected chi connectivity index (χ3v) is 5.84. The van der Waals surface area contributed by atoms with Crippen molar-refractivity contribution in [3.63, 3.8) is 0 Å². The molecule has 138 valence electrons. The van der Waals surface area contributed by atoms with Crippen LogP contribution in [0.2, 0.25) is 0 Å². The summed E-state index contributed by atoms with van der Waals surface area (Å²) in [6.07, 6.45) is 3.84. The summed E-state index contributed by atoms with van der Waals surface area (Å²) in [4.78, 5) is 18.7. The maximum Gasteiger partial charge on any atom is 0.143 e. The predicted octanol–water partition coefficient (Wildman–Crippen LogP) is 2.81. The van der Waals surface area contributed by atoms with Gasteiger partial charge in [-0.1, -0.05) is 18.2 Å². The van der Waals surface area contributed by atoms with E-state index in [4.69, 9.17) is 0 Å². The van der Waals surface area contributed by atoms with E-state index in [0.29, 0.717) is 12.3 Å². The van der Waals surface area contributed by atoms with Crippen LogP contribution in [0.5, 0.6) is 0 Å². The monoisotopic (exact) mass is 343 g/mol. The number of piperidine rings is 1. The topological polar surface area (TPSA) is 26.8 Å². The average Bonchev–Trinajstić information content (AvgIpc) is 2.62. The van der Waals surface area contributed by atoms with Crippen LogP contribution in [-0.4, -0.2) is 67.9 Å². The van der Waals surface area contributed by atoms with Gasteiger partial charge in [0.1, 0.15) is 5.78 Å². The molecule has 0 saturated carbocycles. The fourth-order valence-electron chi connectivity index (χ4n) is 4.24. The van der Waals surface area contributed by atoms with Crippen molar-refractivity contribution in [2.75, 3.05) is 57.3 Å². The first-order chi connectivity index (χ1) is 12.1. The molecule has 0 amide bonds. The zero-order chi connectivity index (χ0) is 17.6. The van der Waals surface area contributed by atoms with Crippen LogP contribution in [-0.2, 0) is 4.79 Å². The van der Waals surface area contributed by atoms with Gasteiger partial charge < -0.3 is 4.90 Å². The summed E-state index contributed by atoms with van der Waals surface area (Å²) in [6.45, 7) is 12.6. The van der Waals surface area contributed by atoms with E-state index in [0.717, 1.165) is 32.1 Å². The van der Waals surface area contributed by atoms with Gasteiger partial charge in [-0.3, -0.25) is 14.6 Å². The molecule has 0 radical (unpaired) electrons. The van der Waals surface area contributed by atoms with Gasteiger partial charge >= 0.3 is 0 Å². The van der Waals surface area contributed by atoms with E-state index in [1.165, 1.54) is 50.1 Å². The van der Waals surface area contributed by atoms with E-state index in [-0.39, 0.29) is 0 Å². The molecule has 0 N–H and O–H groups in total. The lowest BCUT2D eigenvalue weighted by atomic mass is 9.93. The molecule has 2 saturated heterocycles. The second-order valence-corrected chi connectivity index (χ2v) is 7.83. The standard InChI is InChI=1S/C21H33N3O/c1-18-5-3-4-6-21(18)24-15-13-22(14-16-24)10-7-20-8-11-23(12-9-20)17-19(2)25/h3-6,20H,7-17H2,1-2H3. The van der Waals surface area contributed by atoms with E-state index in [2.05, 4.69) is 45.9 Å². The molecule has 0 aliphatic carbocycles. The molecular formula is C21H33N3O. The Morgan fingerprint density at radius 2 is 1.68 bits per heavy atom. The van der Waals surface area contributed by atoms with E-state index in [1.54, 1.807) is 6.92 Å². The highest BCUT2D eigenvalue weighted by Gasteiger charge is 2.22. The highest BCUT2D eigenvalue weighted by atomic mass is 16.1. The van der Waals surface area contributed by atoms with Gasteiger partial charge in [-0.2, -0.15) is 0 Å². The largest absolute Gasteiger partial charge is 0.369 e. The minimum absolute atomic E-state index is 0.296. The summed E-state index contributed by atoms with van der Waals surface area (Å²) in [5.41, 5.74) is 2.79.